The highest BCUT2D eigenvalue weighted by atomic mass is 16.5. The maximum atomic E-state index is 6.67. The smallest absolute Gasteiger partial charge is 0.127 e. The van der Waals surface area contributed by atoms with Crippen LogP contribution in [0.3, 0.4) is 0 Å². The highest BCUT2D eigenvalue weighted by Crippen LogP contribution is 2.44. The van der Waals surface area contributed by atoms with Gasteiger partial charge >= 0.3 is 0 Å². The third-order valence-corrected chi connectivity index (χ3v) is 4.12. The third-order valence-electron chi connectivity index (χ3n) is 4.12. The molecule has 1 aliphatic rings. The molecule has 0 aromatic heterocycles. The molecule has 1 aliphatic carbocycles. The van der Waals surface area contributed by atoms with Gasteiger partial charge in [0, 0.05) is 12.6 Å². The van der Waals surface area contributed by atoms with Gasteiger partial charge in [-0.15, -0.1) is 0 Å². The number of rotatable bonds is 5. The third kappa shape index (κ3) is 2.91. The number of hydrogen-bond donors (Lipinski definition) is 1. The molecule has 20 heavy (non-hydrogen) atoms. The largest absolute Gasteiger partial charge is 0.496 e. The Morgan fingerprint density at radius 1 is 1.00 bits per heavy atom. The second-order valence-electron chi connectivity index (χ2n) is 5.53. The Morgan fingerprint density at radius 2 is 1.55 bits per heavy atom. The lowest BCUT2D eigenvalue weighted by atomic mass is 9.76. The maximum Gasteiger partial charge on any atom is 0.127 e. The molecule has 0 spiro atoms. The summed E-state index contributed by atoms with van der Waals surface area (Å²) >= 11 is 0. The molecule has 2 N–H and O–H groups in total. The van der Waals surface area contributed by atoms with Crippen molar-refractivity contribution in [2.75, 3.05) is 21.3 Å². The summed E-state index contributed by atoms with van der Waals surface area (Å²) in [5.74, 6) is 1.61. The van der Waals surface area contributed by atoms with Crippen LogP contribution in [0, 0.1) is 0 Å². The molecule has 1 saturated carbocycles. The normalized spacial score (nSPS) is 17.8. The van der Waals surface area contributed by atoms with Crippen LogP contribution in [0.25, 0.3) is 0 Å². The lowest BCUT2D eigenvalue weighted by Gasteiger charge is -2.36. The van der Waals surface area contributed by atoms with Crippen molar-refractivity contribution in [1.82, 2.24) is 0 Å². The molecule has 0 saturated heterocycles. The van der Waals surface area contributed by atoms with Gasteiger partial charge in [-0.3, -0.25) is 0 Å². The Bertz CT molecular complexity index is 428. The van der Waals surface area contributed by atoms with Crippen molar-refractivity contribution in [2.45, 2.75) is 44.2 Å². The summed E-state index contributed by atoms with van der Waals surface area (Å²) in [5, 5.41) is 0. The van der Waals surface area contributed by atoms with Crippen LogP contribution in [-0.2, 0) is 16.9 Å². The zero-order valence-electron chi connectivity index (χ0n) is 12.7. The number of ether oxygens (including phenoxy) is 3. The average Bonchev–Trinajstić information content (AvgIpc) is 2.47. The van der Waals surface area contributed by atoms with E-state index in [0.717, 1.165) is 48.3 Å². The molecular weight excluding hydrogens is 254 g/mol. The molecule has 4 nitrogen and oxygen atoms in total. The SMILES string of the molecule is COCc1cc(OC)c(C2(N)CCCCC2)c(OC)c1. The van der Waals surface area contributed by atoms with Gasteiger partial charge in [0.05, 0.1) is 26.4 Å². The molecule has 0 atom stereocenters. The van der Waals surface area contributed by atoms with Gasteiger partial charge in [0.1, 0.15) is 11.5 Å². The zero-order valence-corrected chi connectivity index (χ0v) is 12.7. The second-order valence-corrected chi connectivity index (χ2v) is 5.53. The fourth-order valence-electron chi connectivity index (χ4n) is 3.14. The number of nitrogens with two attached hydrogens (primary N) is 1. The predicted octanol–water partition coefficient (Wildman–Crippen LogP) is 2.97. The summed E-state index contributed by atoms with van der Waals surface area (Å²) in [4.78, 5) is 0. The molecule has 4 heteroatoms. The molecular formula is C16H25NO3. The summed E-state index contributed by atoms with van der Waals surface area (Å²) in [6.45, 7) is 0.532. The van der Waals surface area contributed by atoms with Gasteiger partial charge in [-0.1, -0.05) is 19.3 Å². The van der Waals surface area contributed by atoms with Crippen molar-refractivity contribution in [3.8, 4) is 11.5 Å². The second kappa shape index (κ2) is 6.46. The van der Waals surface area contributed by atoms with Crippen molar-refractivity contribution in [3.05, 3.63) is 23.3 Å². The van der Waals surface area contributed by atoms with Crippen molar-refractivity contribution in [2.24, 2.45) is 5.73 Å². The van der Waals surface area contributed by atoms with E-state index in [-0.39, 0.29) is 5.54 Å². The van der Waals surface area contributed by atoms with E-state index >= 15 is 0 Å². The zero-order chi connectivity index (χ0) is 14.6. The van der Waals surface area contributed by atoms with Crippen LogP contribution in [0.1, 0.15) is 43.2 Å². The van der Waals surface area contributed by atoms with Crippen LogP contribution in [0.2, 0.25) is 0 Å². The summed E-state index contributed by atoms with van der Waals surface area (Å²) < 4.78 is 16.4. The standard InChI is InChI=1S/C16H25NO3/c1-18-11-12-9-13(19-2)15(14(10-12)20-3)16(17)7-5-4-6-8-16/h9-10H,4-8,11,17H2,1-3H3. The minimum absolute atomic E-state index is 0.347. The topological polar surface area (TPSA) is 53.7 Å². The Hall–Kier alpha value is -1.26. The first kappa shape index (κ1) is 15.1. The molecule has 1 aromatic rings. The number of benzene rings is 1. The first-order valence-electron chi connectivity index (χ1n) is 7.18. The van der Waals surface area contributed by atoms with Crippen LogP contribution in [-0.4, -0.2) is 21.3 Å². The Labute approximate surface area is 121 Å². The average molecular weight is 279 g/mol. The van der Waals surface area contributed by atoms with E-state index in [1.807, 2.05) is 12.1 Å². The summed E-state index contributed by atoms with van der Waals surface area (Å²) in [6.07, 6.45) is 5.52. The highest BCUT2D eigenvalue weighted by Gasteiger charge is 2.35. The van der Waals surface area contributed by atoms with E-state index in [4.69, 9.17) is 19.9 Å². The predicted molar refractivity (Wildman–Crippen MR) is 79.2 cm³/mol. The molecule has 1 aromatic carbocycles. The van der Waals surface area contributed by atoms with E-state index in [0.29, 0.717) is 6.61 Å². The Morgan fingerprint density at radius 3 is 2.00 bits per heavy atom. The van der Waals surface area contributed by atoms with Gasteiger partial charge in [-0.25, -0.2) is 0 Å². The monoisotopic (exact) mass is 279 g/mol. The molecule has 0 heterocycles. The number of methoxy groups -OCH3 is 3. The van der Waals surface area contributed by atoms with Crippen LogP contribution in [0.15, 0.2) is 12.1 Å². The van der Waals surface area contributed by atoms with Crippen LogP contribution in [0.4, 0.5) is 0 Å². The van der Waals surface area contributed by atoms with E-state index in [2.05, 4.69) is 0 Å². The van der Waals surface area contributed by atoms with Crippen molar-refractivity contribution in [3.63, 3.8) is 0 Å². The molecule has 1 fully saturated rings. The minimum atomic E-state index is -0.347. The Balaban J connectivity index is 2.49. The molecule has 0 bridgehead atoms. The van der Waals surface area contributed by atoms with Gasteiger partial charge in [0.2, 0.25) is 0 Å². The van der Waals surface area contributed by atoms with E-state index < -0.39 is 0 Å². The van der Waals surface area contributed by atoms with Crippen molar-refractivity contribution < 1.29 is 14.2 Å². The first-order valence-corrected chi connectivity index (χ1v) is 7.18. The molecule has 0 aliphatic heterocycles. The maximum absolute atomic E-state index is 6.67. The van der Waals surface area contributed by atoms with Gasteiger partial charge in [0.25, 0.3) is 0 Å². The molecule has 112 valence electrons. The van der Waals surface area contributed by atoms with Crippen LogP contribution < -0.4 is 15.2 Å². The van der Waals surface area contributed by atoms with Crippen molar-refractivity contribution in [1.29, 1.82) is 0 Å². The summed E-state index contributed by atoms with van der Waals surface area (Å²) in [5.41, 5.74) is 8.35. The Kier molecular flexibility index (Phi) is 4.89. The lowest BCUT2D eigenvalue weighted by molar-refractivity contribution is 0.184. The minimum Gasteiger partial charge on any atom is -0.496 e. The molecule has 0 unspecified atom stereocenters. The van der Waals surface area contributed by atoms with E-state index in [1.54, 1.807) is 21.3 Å². The van der Waals surface area contributed by atoms with Gasteiger partial charge in [-0.2, -0.15) is 0 Å². The summed E-state index contributed by atoms with van der Waals surface area (Å²) in [7, 11) is 5.04. The first-order chi connectivity index (χ1) is 9.64. The molecule has 0 amide bonds. The van der Waals surface area contributed by atoms with Gasteiger partial charge in [0.15, 0.2) is 0 Å². The summed E-state index contributed by atoms with van der Waals surface area (Å²) in [6, 6.07) is 4.01. The van der Waals surface area contributed by atoms with Gasteiger partial charge < -0.3 is 19.9 Å². The highest BCUT2D eigenvalue weighted by molar-refractivity contribution is 5.52. The van der Waals surface area contributed by atoms with E-state index in [9.17, 15) is 0 Å². The van der Waals surface area contributed by atoms with Crippen LogP contribution in [0.5, 0.6) is 11.5 Å². The van der Waals surface area contributed by atoms with E-state index in [1.165, 1.54) is 6.42 Å². The quantitative estimate of drug-likeness (QED) is 0.900. The molecule has 0 radical (unpaired) electrons. The fraction of sp³-hybridized carbons (Fsp3) is 0.625. The van der Waals surface area contributed by atoms with Crippen LogP contribution >= 0.6 is 0 Å². The lowest BCUT2D eigenvalue weighted by Crippen LogP contribution is -2.39. The van der Waals surface area contributed by atoms with Gasteiger partial charge in [-0.05, 0) is 30.5 Å². The molecule has 2 rings (SSSR count). The number of hydrogen-bond acceptors (Lipinski definition) is 4. The van der Waals surface area contributed by atoms with Crippen molar-refractivity contribution >= 4 is 0 Å². The fourth-order valence-corrected chi connectivity index (χ4v) is 3.14.